The van der Waals surface area contributed by atoms with E-state index in [1.807, 2.05) is 13.8 Å². The highest BCUT2D eigenvalue weighted by atomic mass is 35.5. The first-order valence-electron chi connectivity index (χ1n) is 5.67. The van der Waals surface area contributed by atoms with Crippen molar-refractivity contribution < 1.29 is 13.5 Å². The molecule has 1 saturated heterocycles. The molecule has 1 rings (SSSR count). The van der Waals surface area contributed by atoms with Gasteiger partial charge in [-0.15, -0.1) is 11.6 Å². The molecule has 0 aromatic heterocycles. The molecule has 0 aromatic carbocycles. The molecule has 16 heavy (non-hydrogen) atoms. The first-order chi connectivity index (χ1) is 7.43. The Morgan fingerprint density at radius 2 is 2.19 bits per heavy atom. The zero-order valence-corrected chi connectivity index (χ0v) is 10.6. The lowest BCUT2D eigenvalue weighted by molar-refractivity contribution is -0.0336. The second-order valence-corrected chi connectivity index (χ2v) is 5.26. The van der Waals surface area contributed by atoms with E-state index in [1.165, 1.54) is 0 Å². The maximum atomic E-state index is 12.3. The van der Waals surface area contributed by atoms with E-state index >= 15 is 0 Å². The van der Waals surface area contributed by atoms with Crippen LogP contribution in [0.4, 0.5) is 8.78 Å². The summed E-state index contributed by atoms with van der Waals surface area (Å²) in [7, 11) is 0. The molecule has 2 nitrogen and oxygen atoms in total. The number of halogens is 3. The fraction of sp³-hybridized carbons (Fsp3) is 1.00. The monoisotopic (exact) mass is 255 g/mol. The SMILES string of the molecule is CC1(C)CCC(CN(CCCl)CC(F)F)O1. The number of hydrogen-bond donors (Lipinski definition) is 0. The smallest absolute Gasteiger partial charge is 0.251 e. The molecule has 0 aromatic rings. The molecule has 0 aliphatic carbocycles. The average Bonchev–Trinajstić information content (AvgIpc) is 2.44. The third-order valence-electron chi connectivity index (χ3n) is 2.81. The van der Waals surface area contributed by atoms with Crippen LogP contribution in [0.5, 0.6) is 0 Å². The first-order valence-corrected chi connectivity index (χ1v) is 6.21. The van der Waals surface area contributed by atoms with Crippen molar-refractivity contribution in [3.63, 3.8) is 0 Å². The molecule has 0 radical (unpaired) electrons. The Labute approximate surface area is 101 Å². The van der Waals surface area contributed by atoms with Crippen LogP contribution in [0.1, 0.15) is 26.7 Å². The lowest BCUT2D eigenvalue weighted by atomic mass is 10.1. The van der Waals surface area contributed by atoms with Gasteiger partial charge in [0.05, 0.1) is 18.2 Å². The summed E-state index contributed by atoms with van der Waals surface area (Å²) in [5.41, 5.74) is -0.109. The largest absolute Gasteiger partial charge is 0.371 e. The highest BCUT2D eigenvalue weighted by molar-refractivity contribution is 6.18. The highest BCUT2D eigenvalue weighted by Crippen LogP contribution is 2.29. The molecule has 1 unspecified atom stereocenters. The average molecular weight is 256 g/mol. The minimum Gasteiger partial charge on any atom is -0.371 e. The molecule has 1 heterocycles. The highest BCUT2D eigenvalue weighted by Gasteiger charge is 2.32. The summed E-state index contributed by atoms with van der Waals surface area (Å²) in [6, 6.07) is 0. The van der Waals surface area contributed by atoms with Gasteiger partial charge in [-0.3, -0.25) is 4.90 Å². The van der Waals surface area contributed by atoms with Crippen LogP contribution in [0, 0.1) is 0 Å². The minimum atomic E-state index is -2.31. The first kappa shape index (κ1) is 14.1. The van der Waals surface area contributed by atoms with Gasteiger partial charge in [-0.1, -0.05) is 0 Å². The molecule has 0 amide bonds. The van der Waals surface area contributed by atoms with Gasteiger partial charge in [0.1, 0.15) is 0 Å². The second-order valence-electron chi connectivity index (χ2n) is 4.88. The van der Waals surface area contributed by atoms with Crippen LogP contribution in [-0.2, 0) is 4.74 Å². The molecular weight excluding hydrogens is 236 g/mol. The predicted octanol–water partition coefficient (Wildman–Crippen LogP) is 2.75. The van der Waals surface area contributed by atoms with Crippen molar-refractivity contribution >= 4 is 11.6 Å². The molecule has 0 bridgehead atoms. The second kappa shape index (κ2) is 6.12. The number of ether oxygens (including phenoxy) is 1. The van der Waals surface area contributed by atoms with Gasteiger partial charge in [0, 0.05) is 19.0 Å². The van der Waals surface area contributed by atoms with Gasteiger partial charge < -0.3 is 4.74 Å². The Morgan fingerprint density at radius 1 is 1.50 bits per heavy atom. The number of rotatable bonds is 6. The molecule has 96 valence electrons. The van der Waals surface area contributed by atoms with Crippen molar-refractivity contribution in [2.75, 3.05) is 25.5 Å². The van der Waals surface area contributed by atoms with Crippen LogP contribution in [0.15, 0.2) is 0 Å². The van der Waals surface area contributed by atoms with Crippen LogP contribution < -0.4 is 0 Å². The van der Waals surface area contributed by atoms with Gasteiger partial charge in [0.25, 0.3) is 6.43 Å². The molecule has 1 aliphatic heterocycles. The van der Waals surface area contributed by atoms with Gasteiger partial charge in [-0.25, -0.2) is 8.78 Å². The number of hydrogen-bond acceptors (Lipinski definition) is 2. The summed E-state index contributed by atoms with van der Waals surface area (Å²) in [5.74, 6) is 0.378. The zero-order valence-electron chi connectivity index (χ0n) is 9.89. The quantitative estimate of drug-likeness (QED) is 0.677. The van der Waals surface area contributed by atoms with E-state index in [1.54, 1.807) is 4.90 Å². The lowest BCUT2D eigenvalue weighted by Gasteiger charge is -2.26. The van der Waals surface area contributed by atoms with E-state index in [2.05, 4.69) is 0 Å². The van der Waals surface area contributed by atoms with Crippen molar-refractivity contribution in [3.05, 3.63) is 0 Å². The van der Waals surface area contributed by atoms with E-state index in [4.69, 9.17) is 16.3 Å². The van der Waals surface area contributed by atoms with E-state index in [0.29, 0.717) is 19.0 Å². The van der Waals surface area contributed by atoms with Gasteiger partial charge in [0.2, 0.25) is 0 Å². The molecule has 0 saturated carbocycles. The van der Waals surface area contributed by atoms with Gasteiger partial charge in [-0.2, -0.15) is 0 Å². The summed E-state index contributed by atoms with van der Waals surface area (Å²) in [6.07, 6.45) is -0.314. The molecule has 0 N–H and O–H groups in total. The topological polar surface area (TPSA) is 12.5 Å². The van der Waals surface area contributed by atoms with Gasteiger partial charge >= 0.3 is 0 Å². The Balaban J connectivity index is 2.37. The zero-order chi connectivity index (χ0) is 12.2. The summed E-state index contributed by atoms with van der Waals surface area (Å²) in [4.78, 5) is 1.68. The molecular formula is C11H20ClF2NO. The van der Waals surface area contributed by atoms with Crippen LogP contribution in [-0.4, -0.2) is 48.5 Å². The van der Waals surface area contributed by atoms with Crippen LogP contribution >= 0.6 is 11.6 Å². The van der Waals surface area contributed by atoms with Gasteiger partial charge in [0.15, 0.2) is 0 Å². The fourth-order valence-corrected chi connectivity index (χ4v) is 2.31. The van der Waals surface area contributed by atoms with Gasteiger partial charge in [-0.05, 0) is 26.7 Å². The number of nitrogens with zero attached hydrogens (tertiary/aromatic N) is 1. The maximum Gasteiger partial charge on any atom is 0.251 e. The van der Waals surface area contributed by atoms with Crippen molar-refractivity contribution in [2.45, 2.75) is 44.8 Å². The molecule has 0 spiro atoms. The lowest BCUT2D eigenvalue weighted by Crippen LogP contribution is -2.38. The van der Waals surface area contributed by atoms with Crippen molar-refractivity contribution in [1.82, 2.24) is 4.90 Å². The van der Waals surface area contributed by atoms with Crippen molar-refractivity contribution in [2.24, 2.45) is 0 Å². The minimum absolute atomic E-state index is 0.0666. The van der Waals surface area contributed by atoms with Crippen molar-refractivity contribution in [3.8, 4) is 0 Å². The standard InChI is InChI=1S/C11H20ClF2NO/c1-11(2)4-3-9(16-11)7-15(6-5-12)8-10(13)14/h9-10H,3-8H2,1-2H3. The van der Waals surface area contributed by atoms with E-state index in [-0.39, 0.29) is 18.2 Å². The van der Waals surface area contributed by atoms with E-state index in [9.17, 15) is 8.78 Å². The normalized spacial score (nSPS) is 24.6. The Kier molecular flexibility index (Phi) is 5.41. The molecule has 5 heteroatoms. The Hall–Kier alpha value is 0.0700. The summed E-state index contributed by atoms with van der Waals surface area (Å²) in [5, 5.41) is 0. The van der Waals surface area contributed by atoms with Crippen molar-refractivity contribution in [1.29, 1.82) is 0 Å². The summed E-state index contributed by atoms with van der Waals surface area (Å²) >= 11 is 5.59. The Morgan fingerprint density at radius 3 is 2.62 bits per heavy atom. The number of alkyl halides is 3. The molecule has 1 aliphatic rings. The summed E-state index contributed by atoms with van der Waals surface area (Å²) in [6.45, 7) is 4.90. The van der Waals surface area contributed by atoms with E-state index in [0.717, 1.165) is 12.8 Å². The predicted molar refractivity (Wildman–Crippen MR) is 61.4 cm³/mol. The fourth-order valence-electron chi connectivity index (χ4n) is 2.07. The third kappa shape index (κ3) is 4.93. The maximum absolute atomic E-state index is 12.3. The Bertz CT molecular complexity index is 214. The summed E-state index contributed by atoms with van der Waals surface area (Å²) < 4.78 is 30.4. The van der Waals surface area contributed by atoms with E-state index < -0.39 is 6.43 Å². The van der Waals surface area contributed by atoms with Crippen LogP contribution in [0.2, 0.25) is 0 Å². The molecule has 1 fully saturated rings. The van der Waals surface area contributed by atoms with Crippen LogP contribution in [0.3, 0.4) is 0 Å². The third-order valence-corrected chi connectivity index (χ3v) is 2.98. The molecule has 1 atom stereocenters. The van der Waals surface area contributed by atoms with Crippen LogP contribution in [0.25, 0.3) is 0 Å².